The highest BCUT2D eigenvalue weighted by atomic mass is 79.9. The second-order valence-electron chi connectivity index (χ2n) is 4.83. The zero-order chi connectivity index (χ0) is 14.8. The van der Waals surface area contributed by atoms with Crippen LogP contribution in [0.25, 0.3) is 10.6 Å². The largest absolute Gasteiger partial charge is 0.298 e. The van der Waals surface area contributed by atoms with Gasteiger partial charge in [0.1, 0.15) is 5.69 Å². The van der Waals surface area contributed by atoms with Crippen molar-refractivity contribution in [2.45, 2.75) is 13.5 Å². The van der Waals surface area contributed by atoms with Gasteiger partial charge in [0.15, 0.2) is 6.29 Å². The Morgan fingerprint density at radius 1 is 1.29 bits per heavy atom. The van der Waals surface area contributed by atoms with Gasteiger partial charge in [-0.15, -0.1) is 11.3 Å². The lowest BCUT2D eigenvalue weighted by atomic mass is 10.1. The fraction of sp³-hybridized carbons (Fsp3) is 0.125. The van der Waals surface area contributed by atoms with Crippen LogP contribution in [-0.2, 0) is 6.54 Å². The SMILES string of the molecule is Cc1ccc(Cn2cc(C=O)c(-c3sccc3Br)n2)cc1. The number of aryl methyl sites for hydroxylation is 1. The fourth-order valence-electron chi connectivity index (χ4n) is 2.12. The summed E-state index contributed by atoms with van der Waals surface area (Å²) in [5, 5.41) is 6.55. The number of rotatable bonds is 4. The Kier molecular flexibility index (Phi) is 4.03. The molecule has 0 saturated heterocycles. The van der Waals surface area contributed by atoms with Gasteiger partial charge in [0, 0.05) is 10.7 Å². The molecule has 0 fully saturated rings. The van der Waals surface area contributed by atoms with Crippen molar-refractivity contribution in [2.75, 3.05) is 0 Å². The quantitative estimate of drug-likeness (QED) is 0.640. The summed E-state index contributed by atoms with van der Waals surface area (Å²) in [5.41, 5.74) is 3.75. The second kappa shape index (κ2) is 5.95. The van der Waals surface area contributed by atoms with Crippen LogP contribution in [0.15, 0.2) is 46.4 Å². The Morgan fingerprint density at radius 3 is 2.67 bits per heavy atom. The van der Waals surface area contributed by atoms with Crippen LogP contribution < -0.4 is 0 Å². The first-order valence-electron chi connectivity index (χ1n) is 6.49. The molecule has 0 aliphatic heterocycles. The van der Waals surface area contributed by atoms with Gasteiger partial charge in [0.05, 0.1) is 17.0 Å². The molecule has 2 heterocycles. The smallest absolute Gasteiger partial charge is 0.153 e. The summed E-state index contributed by atoms with van der Waals surface area (Å²) >= 11 is 5.07. The molecule has 0 radical (unpaired) electrons. The number of carbonyl (C=O) groups is 1. The maximum atomic E-state index is 11.3. The molecule has 2 aromatic heterocycles. The normalized spacial score (nSPS) is 10.8. The zero-order valence-corrected chi connectivity index (χ0v) is 13.8. The minimum absolute atomic E-state index is 0.616. The molecule has 5 heteroatoms. The number of halogens is 1. The van der Waals surface area contributed by atoms with Crippen molar-refractivity contribution in [3.63, 3.8) is 0 Å². The molecule has 0 saturated carbocycles. The van der Waals surface area contributed by atoms with E-state index in [2.05, 4.69) is 52.2 Å². The molecule has 0 N–H and O–H groups in total. The van der Waals surface area contributed by atoms with Gasteiger partial charge in [-0.25, -0.2) is 0 Å². The highest BCUT2D eigenvalue weighted by Gasteiger charge is 2.14. The van der Waals surface area contributed by atoms with E-state index in [0.717, 1.165) is 26.9 Å². The molecule has 0 aliphatic carbocycles. The first-order valence-corrected chi connectivity index (χ1v) is 8.16. The van der Waals surface area contributed by atoms with E-state index in [1.807, 2.05) is 16.1 Å². The van der Waals surface area contributed by atoms with Gasteiger partial charge in [0.2, 0.25) is 0 Å². The van der Waals surface area contributed by atoms with Crippen molar-refractivity contribution in [3.8, 4) is 10.6 Å². The van der Waals surface area contributed by atoms with Crippen LogP contribution in [0.5, 0.6) is 0 Å². The third kappa shape index (κ3) is 2.99. The summed E-state index contributed by atoms with van der Waals surface area (Å²) in [6.45, 7) is 2.72. The fourth-order valence-corrected chi connectivity index (χ4v) is 3.69. The molecule has 0 aliphatic rings. The van der Waals surface area contributed by atoms with E-state index in [-0.39, 0.29) is 0 Å². The number of thiophene rings is 1. The standard InChI is InChI=1S/C16H13BrN2OS/c1-11-2-4-12(5-3-11)8-19-9-13(10-20)15(18-19)16-14(17)6-7-21-16/h2-7,9-10H,8H2,1H3. The van der Waals surface area contributed by atoms with Crippen LogP contribution in [-0.4, -0.2) is 16.1 Å². The molecule has 3 nitrogen and oxygen atoms in total. The molecular weight excluding hydrogens is 348 g/mol. The van der Waals surface area contributed by atoms with E-state index in [0.29, 0.717) is 12.1 Å². The Labute approximate surface area is 135 Å². The molecular formula is C16H13BrN2OS. The first kappa shape index (κ1) is 14.2. The number of nitrogens with zero attached hydrogens (tertiary/aromatic N) is 2. The summed E-state index contributed by atoms with van der Waals surface area (Å²) in [4.78, 5) is 12.3. The van der Waals surface area contributed by atoms with E-state index < -0.39 is 0 Å². The van der Waals surface area contributed by atoms with E-state index in [4.69, 9.17) is 0 Å². The first-order chi connectivity index (χ1) is 10.2. The third-order valence-corrected chi connectivity index (χ3v) is 5.06. The van der Waals surface area contributed by atoms with Gasteiger partial charge in [-0.2, -0.15) is 5.10 Å². The van der Waals surface area contributed by atoms with Crippen molar-refractivity contribution >= 4 is 33.6 Å². The third-order valence-electron chi connectivity index (χ3n) is 3.21. The molecule has 1 aromatic carbocycles. The van der Waals surface area contributed by atoms with Gasteiger partial charge in [0.25, 0.3) is 0 Å². The summed E-state index contributed by atoms with van der Waals surface area (Å²) in [7, 11) is 0. The average molecular weight is 361 g/mol. The number of hydrogen-bond acceptors (Lipinski definition) is 3. The molecule has 21 heavy (non-hydrogen) atoms. The minimum Gasteiger partial charge on any atom is -0.298 e. The maximum Gasteiger partial charge on any atom is 0.153 e. The second-order valence-corrected chi connectivity index (χ2v) is 6.60. The van der Waals surface area contributed by atoms with Crippen molar-refractivity contribution in [1.82, 2.24) is 9.78 Å². The van der Waals surface area contributed by atoms with Crippen molar-refractivity contribution in [1.29, 1.82) is 0 Å². The number of aldehydes is 1. The maximum absolute atomic E-state index is 11.3. The van der Waals surface area contributed by atoms with Gasteiger partial charge in [-0.3, -0.25) is 9.48 Å². The Bertz CT molecular complexity index is 774. The van der Waals surface area contributed by atoms with Crippen molar-refractivity contribution in [2.24, 2.45) is 0 Å². The Hall–Kier alpha value is -1.72. The van der Waals surface area contributed by atoms with Gasteiger partial charge in [-0.05, 0) is 39.9 Å². The van der Waals surface area contributed by atoms with Crippen LogP contribution in [0, 0.1) is 6.92 Å². The summed E-state index contributed by atoms with van der Waals surface area (Å²) in [5.74, 6) is 0. The van der Waals surface area contributed by atoms with Gasteiger partial charge in [-0.1, -0.05) is 29.8 Å². The lowest BCUT2D eigenvalue weighted by molar-refractivity contribution is 0.112. The lowest BCUT2D eigenvalue weighted by Gasteiger charge is -2.02. The van der Waals surface area contributed by atoms with E-state index in [1.165, 1.54) is 5.56 Å². The molecule has 106 valence electrons. The van der Waals surface area contributed by atoms with E-state index in [9.17, 15) is 4.79 Å². The van der Waals surface area contributed by atoms with E-state index in [1.54, 1.807) is 17.5 Å². The number of aromatic nitrogens is 2. The number of benzene rings is 1. The summed E-state index contributed by atoms with van der Waals surface area (Å²) in [6.07, 6.45) is 2.66. The number of hydrogen-bond donors (Lipinski definition) is 0. The topological polar surface area (TPSA) is 34.9 Å². The van der Waals surface area contributed by atoms with Crippen LogP contribution in [0.1, 0.15) is 21.5 Å². The van der Waals surface area contributed by atoms with Crippen LogP contribution >= 0.6 is 27.3 Å². The predicted molar refractivity (Wildman–Crippen MR) is 88.9 cm³/mol. The van der Waals surface area contributed by atoms with Crippen molar-refractivity contribution < 1.29 is 4.79 Å². The average Bonchev–Trinajstić information content (AvgIpc) is 3.07. The highest BCUT2D eigenvalue weighted by Crippen LogP contribution is 2.34. The summed E-state index contributed by atoms with van der Waals surface area (Å²) < 4.78 is 2.78. The lowest BCUT2D eigenvalue weighted by Crippen LogP contribution is -2.00. The molecule has 0 atom stereocenters. The van der Waals surface area contributed by atoms with Gasteiger partial charge >= 0.3 is 0 Å². The van der Waals surface area contributed by atoms with Crippen LogP contribution in [0.3, 0.4) is 0 Å². The molecule has 0 bridgehead atoms. The summed E-state index contributed by atoms with van der Waals surface area (Å²) in [6, 6.07) is 10.3. The molecule has 0 spiro atoms. The molecule has 3 aromatic rings. The van der Waals surface area contributed by atoms with Gasteiger partial charge < -0.3 is 0 Å². The molecule has 0 unspecified atom stereocenters. The molecule has 0 amide bonds. The number of carbonyl (C=O) groups excluding carboxylic acids is 1. The monoisotopic (exact) mass is 360 g/mol. The Morgan fingerprint density at radius 2 is 2.05 bits per heavy atom. The van der Waals surface area contributed by atoms with Crippen molar-refractivity contribution in [3.05, 3.63) is 63.1 Å². The van der Waals surface area contributed by atoms with E-state index >= 15 is 0 Å². The predicted octanol–water partition coefficient (Wildman–Crippen LogP) is 4.54. The Balaban J connectivity index is 1.94. The highest BCUT2D eigenvalue weighted by molar-refractivity contribution is 9.10. The van der Waals surface area contributed by atoms with Crippen LogP contribution in [0.2, 0.25) is 0 Å². The minimum atomic E-state index is 0.616. The zero-order valence-electron chi connectivity index (χ0n) is 11.4. The van der Waals surface area contributed by atoms with Crippen LogP contribution in [0.4, 0.5) is 0 Å². The molecule has 3 rings (SSSR count).